The van der Waals surface area contributed by atoms with E-state index in [-0.39, 0.29) is 0 Å². The minimum Gasteiger partial charge on any atom is -0.312 e. The lowest BCUT2D eigenvalue weighted by Crippen LogP contribution is -2.46. The van der Waals surface area contributed by atoms with Gasteiger partial charge in [-0.05, 0) is 73.4 Å². The Balaban J connectivity index is 2.19. The fourth-order valence-corrected chi connectivity index (χ4v) is 2.24. The zero-order valence-corrected chi connectivity index (χ0v) is 11.7. The van der Waals surface area contributed by atoms with Crippen molar-refractivity contribution in [2.45, 2.75) is 38.8 Å². The molecule has 0 aliphatic carbocycles. The number of likely N-dealkylation sites (N-methyl/N-ethyl adjacent to an activating group) is 1. The fraction of sp³-hybridized carbons (Fsp3) is 1.00. The Hall–Kier alpha value is -0.120. The number of hydrogen-bond donors (Lipinski definition) is 1. The minimum atomic E-state index is 0.578. The van der Waals surface area contributed by atoms with E-state index < -0.39 is 0 Å². The van der Waals surface area contributed by atoms with Crippen LogP contribution in [0.15, 0.2) is 0 Å². The highest BCUT2D eigenvalue weighted by Crippen LogP contribution is 2.15. The van der Waals surface area contributed by atoms with Crippen molar-refractivity contribution < 1.29 is 0 Å². The van der Waals surface area contributed by atoms with Crippen LogP contribution in [-0.2, 0) is 0 Å². The Bertz CT molecular complexity index is 186. The van der Waals surface area contributed by atoms with Crippen LogP contribution in [-0.4, -0.2) is 62.7 Å². The molecule has 0 spiro atoms. The maximum atomic E-state index is 3.69. The van der Waals surface area contributed by atoms with Crippen LogP contribution in [0.3, 0.4) is 0 Å². The molecule has 3 heteroatoms. The second-order valence-corrected chi connectivity index (χ2v) is 5.65. The van der Waals surface area contributed by atoms with Crippen LogP contribution in [0, 0.1) is 5.92 Å². The largest absolute Gasteiger partial charge is 0.312 e. The van der Waals surface area contributed by atoms with Gasteiger partial charge in [0.1, 0.15) is 0 Å². The standard InChI is InChI=1S/C13H29N3/c1-11(12(2)15(3)4)14-10-13-6-8-16(5)9-7-13/h11-14H,6-10H2,1-5H3. The Labute approximate surface area is 101 Å². The highest BCUT2D eigenvalue weighted by atomic mass is 15.1. The number of piperidine rings is 1. The molecule has 1 saturated heterocycles. The molecule has 1 aliphatic rings. The molecular formula is C13H29N3. The summed E-state index contributed by atoms with van der Waals surface area (Å²) in [6, 6.07) is 1.18. The first kappa shape index (κ1) is 13.9. The lowest BCUT2D eigenvalue weighted by molar-refractivity contribution is 0.199. The predicted molar refractivity (Wildman–Crippen MR) is 70.8 cm³/mol. The van der Waals surface area contributed by atoms with E-state index in [0.29, 0.717) is 12.1 Å². The van der Waals surface area contributed by atoms with Crippen molar-refractivity contribution in [1.82, 2.24) is 15.1 Å². The molecule has 0 aromatic carbocycles. The highest BCUT2D eigenvalue weighted by Gasteiger charge is 2.19. The molecule has 1 heterocycles. The zero-order valence-electron chi connectivity index (χ0n) is 11.7. The average Bonchev–Trinajstić information content (AvgIpc) is 2.26. The van der Waals surface area contributed by atoms with E-state index in [4.69, 9.17) is 0 Å². The van der Waals surface area contributed by atoms with E-state index >= 15 is 0 Å². The van der Waals surface area contributed by atoms with Gasteiger partial charge in [-0.25, -0.2) is 0 Å². The third-order valence-electron chi connectivity index (χ3n) is 4.10. The third-order valence-corrected chi connectivity index (χ3v) is 4.10. The molecule has 2 unspecified atom stereocenters. The van der Waals surface area contributed by atoms with Gasteiger partial charge in [0.25, 0.3) is 0 Å². The summed E-state index contributed by atoms with van der Waals surface area (Å²) in [6.07, 6.45) is 2.71. The van der Waals surface area contributed by atoms with E-state index in [1.165, 1.54) is 32.5 Å². The van der Waals surface area contributed by atoms with Crippen LogP contribution in [0.1, 0.15) is 26.7 Å². The van der Waals surface area contributed by atoms with Crippen molar-refractivity contribution in [3.63, 3.8) is 0 Å². The van der Waals surface area contributed by atoms with Gasteiger partial charge < -0.3 is 15.1 Å². The molecule has 2 atom stereocenters. The second kappa shape index (κ2) is 6.58. The molecule has 0 aromatic rings. The summed E-state index contributed by atoms with van der Waals surface area (Å²) in [7, 11) is 6.53. The number of nitrogens with one attached hydrogen (secondary N) is 1. The number of nitrogens with zero attached hydrogens (tertiary/aromatic N) is 2. The zero-order chi connectivity index (χ0) is 12.1. The monoisotopic (exact) mass is 227 g/mol. The van der Waals surface area contributed by atoms with Gasteiger partial charge >= 0.3 is 0 Å². The van der Waals surface area contributed by atoms with E-state index in [2.05, 4.69) is 50.1 Å². The molecule has 0 aromatic heterocycles. The lowest BCUT2D eigenvalue weighted by atomic mass is 9.96. The van der Waals surface area contributed by atoms with Crippen molar-refractivity contribution in [3.8, 4) is 0 Å². The Morgan fingerprint density at radius 2 is 1.81 bits per heavy atom. The molecule has 0 bridgehead atoms. The summed E-state index contributed by atoms with van der Waals surface area (Å²) >= 11 is 0. The van der Waals surface area contributed by atoms with Gasteiger partial charge in [0.15, 0.2) is 0 Å². The Morgan fingerprint density at radius 1 is 1.25 bits per heavy atom. The van der Waals surface area contributed by atoms with Gasteiger partial charge in [-0.2, -0.15) is 0 Å². The molecule has 0 saturated carbocycles. The maximum absolute atomic E-state index is 3.69. The fourth-order valence-electron chi connectivity index (χ4n) is 2.24. The summed E-state index contributed by atoms with van der Waals surface area (Å²) in [5, 5.41) is 3.69. The molecule has 0 radical (unpaired) electrons. The smallest absolute Gasteiger partial charge is 0.0212 e. The van der Waals surface area contributed by atoms with Crippen LogP contribution in [0.4, 0.5) is 0 Å². The normalized spacial score (nSPS) is 23.6. The molecule has 3 nitrogen and oxygen atoms in total. The minimum absolute atomic E-state index is 0.578. The molecule has 0 amide bonds. The summed E-state index contributed by atoms with van der Waals surface area (Å²) in [6.45, 7) is 8.30. The average molecular weight is 227 g/mol. The van der Waals surface area contributed by atoms with Crippen molar-refractivity contribution in [2.75, 3.05) is 40.8 Å². The summed E-state index contributed by atoms with van der Waals surface area (Å²) < 4.78 is 0. The molecule has 1 N–H and O–H groups in total. The van der Waals surface area contributed by atoms with E-state index in [1.54, 1.807) is 0 Å². The number of hydrogen-bond acceptors (Lipinski definition) is 3. The Morgan fingerprint density at radius 3 is 2.31 bits per heavy atom. The van der Waals surface area contributed by atoms with Gasteiger partial charge in [-0.3, -0.25) is 0 Å². The van der Waals surface area contributed by atoms with E-state index in [1.807, 2.05) is 0 Å². The summed E-state index contributed by atoms with van der Waals surface area (Å²) in [4.78, 5) is 4.72. The van der Waals surface area contributed by atoms with Gasteiger partial charge in [0, 0.05) is 12.1 Å². The number of likely N-dealkylation sites (tertiary alicyclic amines) is 1. The Kier molecular flexibility index (Phi) is 5.73. The first-order valence-electron chi connectivity index (χ1n) is 6.59. The first-order chi connectivity index (χ1) is 7.50. The van der Waals surface area contributed by atoms with Gasteiger partial charge in [0.2, 0.25) is 0 Å². The van der Waals surface area contributed by atoms with E-state index in [9.17, 15) is 0 Å². The first-order valence-corrected chi connectivity index (χ1v) is 6.59. The van der Waals surface area contributed by atoms with Crippen molar-refractivity contribution >= 4 is 0 Å². The van der Waals surface area contributed by atoms with Gasteiger partial charge in [-0.1, -0.05) is 0 Å². The molecule has 96 valence electrons. The summed E-state index contributed by atoms with van der Waals surface area (Å²) in [5.41, 5.74) is 0. The van der Waals surface area contributed by atoms with Gasteiger partial charge in [-0.15, -0.1) is 0 Å². The second-order valence-electron chi connectivity index (χ2n) is 5.65. The molecule has 16 heavy (non-hydrogen) atoms. The third kappa shape index (κ3) is 4.40. The SMILES string of the molecule is CC(NCC1CCN(C)CC1)C(C)N(C)C. The molecule has 1 fully saturated rings. The molecular weight excluding hydrogens is 198 g/mol. The molecule has 1 aliphatic heterocycles. The van der Waals surface area contributed by atoms with Crippen molar-refractivity contribution in [1.29, 1.82) is 0 Å². The maximum Gasteiger partial charge on any atom is 0.0212 e. The van der Waals surface area contributed by atoms with Gasteiger partial charge in [0.05, 0.1) is 0 Å². The summed E-state index contributed by atoms with van der Waals surface area (Å²) in [5.74, 6) is 0.882. The highest BCUT2D eigenvalue weighted by molar-refractivity contribution is 4.77. The van der Waals surface area contributed by atoms with Crippen LogP contribution in [0.2, 0.25) is 0 Å². The van der Waals surface area contributed by atoms with E-state index in [0.717, 1.165) is 5.92 Å². The van der Waals surface area contributed by atoms with Crippen LogP contribution >= 0.6 is 0 Å². The van der Waals surface area contributed by atoms with Crippen LogP contribution in [0.25, 0.3) is 0 Å². The van der Waals surface area contributed by atoms with Crippen molar-refractivity contribution in [3.05, 3.63) is 0 Å². The topological polar surface area (TPSA) is 18.5 Å². The van der Waals surface area contributed by atoms with Crippen LogP contribution in [0.5, 0.6) is 0 Å². The molecule has 1 rings (SSSR count). The number of rotatable bonds is 5. The lowest BCUT2D eigenvalue weighted by Gasteiger charge is -2.32. The van der Waals surface area contributed by atoms with Crippen molar-refractivity contribution in [2.24, 2.45) is 5.92 Å². The van der Waals surface area contributed by atoms with Crippen LogP contribution < -0.4 is 5.32 Å². The quantitative estimate of drug-likeness (QED) is 0.763. The predicted octanol–water partition coefficient (Wildman–Crippen LogP) is 1.26.